The molecule has 1 aliphatic carbocycles. The maximum Gasteiger partial charge on any atom is 0.170 e. The Bertz CT molecular complexity index is 1030. The topological polar surface area (TPSA) is 33.1 Å². The van der Waals surface area contributed by atoms with Crippen LogP contribution in [0.4, 0.5) is 0 Å². The highest BCUT2D eigenvalue weighted by atomic mass is 35.5. The van der Waals surface area contributed by atoms with Crippen molar-refractivity contribution in [1.82, 2.24) is 19.8 Å². The van der Waals surface area contributed by atoms with Crippen LogP contribution in [0.5, 0.6) is 0 Å². The van der Waals surface area contributed by atoms with Gasteiger partial charge in [-0.2, -0.15) is 0 Å². The Kier molecular flexibility index (Phi) is 5.48. The van der Waals surface area contributed by atoms with Crippen molar-refractivity contribution in [2.75, 3.05) is 0 Å². The highest BCUT2D eigenvalue weighted by molar-refractivity contribution is 7.80. The van der Waals surface area contributed by atoms with Crippen molar-refractivity contribution in [1.29, 1.82) is 0 Å². The van der Waals surface area contributed by atoms with E-state index in [9.17, 15) is 0 Å². The minimum atomic E-state index is 0.00783. The summed E-state index contributed by atoms with van der Waals surface area (Å²) in [5.41, 5.74) is 3.27. The Labute approximate surface area is 187 Å². The minimum absolute atomic E-state index is 0.00783. The summed E-state index contributed by atoms with van der Waals surface area (Å²) in [7, 11) is 0. The van der Waals surface area contributed by atoms with Crippen LogP contribution < -0.4 is 5.32 Å². The second-order valence-corrected chi connectivity index (χ2v) is 8.93. The SMILES string of the molecule is S=C1N[C@H](c2ccccn2)[C@@H](c2cccn2-c2cccc(Cl)c2)N1C1CCCCC1. The van der Waals surface area contributed by atoms with Gasteiger partial charge in [0.1, 0.15) is 0 Å². The van der Waals surface area contributed by atoms with Gasteiger partial charge >= 0.3 is 0 Å². The molecule has 2 aliphatic rings. The number of hydrogen-bond donors (Lipinski definition) is 1. The highest BCUT2D eigenvalue weighted by Gasteiger charge is 2.44. The second kappa shape index (κ2) is 8.40. The molecule has 4 nitrogen and oxygen atoms in total. The molecule has 1 aliphatic heterocycles. The molecular formula is C24H25ClN4S. The average molecular weight is 437 g/mol. The molecule has 30 heavy (non-hydrogen) atoms. The van der Waals surface area contributed by atoms with Crippen LogP contribution in [0.2, 0.25) is 5.02 Å². The van der Waals surface area contributed by atoms with E-state index in [0.29, 0.717) is 6.04 Å². The van der Waals surface area contributed by atoms with Gasteiger partial charge in [-0.3, -0.25) is 4.98 Å². The van der Waals surface area contributed by atoms with Gasteiger partial charge in [0.05, 0.1) is 17.8 Å². The first kappa shape index (κ1) is 19.6. The number of halogens is 1. The van der Waals surface area contributed by atoms with Gasteiger partial charge in [-0.05, 0) is 67.5 Å². The quantitative estimate of drug-likeness (QED) is 0.521. The van der Waals surface area contributed by atoms with Crippen molar-refractivity contribution in [2.24, 2.45) is 0 Å². The summed E-state index contributed by atoms with van der Waals surface area (Å²) in [6.07, 6.45) is 10.2. The third-order valence-electron chi connectivity index (χ3n) is 6.27. The standard InChI is InChI=1S/C24H25ClN4S/c25-17-8-6-11-19(16-17)28-15-7-13-21(28)23-22(20-12-4-5-14-26-20)27-24(30)29(23)18-9-2-1-3-10-18/h4-8,11-16,18,22-23H,1-3,9-10H2,(H,27,30)/t22-,23-/m1/s1. The van der Waals surface area contributed by atoms with Crippen molar-refractivity contribution in [2.45, 2.75) is 50.2 Å². The number of aromatic nitrogens is 2. The molecule has 3 aromatic rings. The van der Waals surface area contributed by atoms with E-state index in [1.807, 2.05) is 36.5 Å². The first-order valence-corrected chi connectivity index (χ1v) is 11.4. The fourth-order valence-electron chi connectivity index (χ4n) is 4.93. The third-order valence-corrected chi connectivity index (χ3v) is 6.84. The van der Waals surface area contributed by atoms with E-state index >= 15 is 0 Å². The summed E-state index contributed by atoms with van der Waals surface area (Å²) < 4.78 is 2.23. The molecule has 3 heterocycles. The summed E-state index contributed by atoms with van der Waals surface area (Å²) in [5.74, 6) is 0. The zero-order valence-corrected chi connectivity index (χ0v) is 18.3. The second-order valence-electron chi connectivity index (χ2n) is 8.11. The Balaban J connectivity index is 1.61. The van der Waals surface area contributed by atoms with Crippen LogP contribution in [0.1, 0.15) is 55.6 Å². The van der Waals surface area contributed by atoms with Crippen LogP contribution in [-0.2, 0) is 0 Å². The average Bonchev–Trinajstić information content (AvgIpc) is 3.39. The molecule has 1 aromatic carbocycles. The lowest BCUT2D eigenvalue weighted by atomic mass is 9.92. The number of pyridine rings is 1. The van der Waals surface area contributed by atoms with E-state index in [-0.39, 0.29) is 12.1 Å². The first-order chi connectivity index (χ1) is 14.7. The molecule has 0 unspecified atom stereocenters. The molecular weight excluding hydrogens is 412 g/mol. The van der Waals surface area contributed by atoms with E-state index < -0.39 is 0 Å². The Morgan fingerprint density at radius 3 is 2.63 bits per heavy atom. The van der Waals surface area contributed by atoms with Gasteiger partial charge in [0.25, 0.3) is 0 Å². The maximum atomic E-state index is 6.31. The molecule has 0 radical (unpaired) electrons. The van der Waals surface area contributed by atoms with Crippen molar-refractivity contribution >= 4 is 28.9 Å². The lowest BCUT2D eigenvalue weighted by molar-refractivity contribution is 0.193. The predicted molar refractivity (Wildman–Crippen MR) is 125 cm³/mol. The molecule has 1 saturated carbocycles. The lowest BCUT2D eigenvalue weighted by Crippen LogP contribution is -2.40. The molecule has 2 atom stereocenters. The van der Waals surface area contributed by atoms with Gasteiger partial charge in [0.2, 0.25) is 0 Å². The molecule has 0 spiro atoms. The summed E-state index contributed by atoms with van der Waals surface area (Å²) >= 11 is 12.2. The van der Waals surface area contributed by atoms with Crippen molar-refractivity contribution < 1.29 is 0 Å². The molecule has 1 saturated heterocycles. The van der Waals surface area contributed by atoms with Crippen LogP contribution in [0.15, 0.2) is 67.0 Å². The van der Waals surface area contributed by atoms with Gasteiger partial charge in [0, 0.05) is 34.8 Å². The molecule has 0 amide bonds. The number of benzene rings is 1. The molecule has 2 fully saturated rings. The van der Waals surface area contributed by atoms with E-state index in [1.54, 1.807) is 0 Å². The van der Waals surface area contributed by atoms with Crippen LogP contribution in [-0.4, -0.2) is 25.6 Å². The number of nitrogens with zero attached hydrogens (tertiary/aromatic N) is 3. The van der Waals surface area contributed by atoms with Gasteiger partial charge in [-0.15, -0.1) is 0 Å². The predicted octanol–water partition coefficient (Wildman–Crippen LogP) is 5.83. The number of nitrogens with one attached hydrogen (secondary N) is 1. The van der Waals surface area contributed by atoms with Gasteiger partial charge < -0.3 is 14.8 Å². The summed E-state index contributed by atoms with van der Waals surface area (Å²) in [5, 5.41) is 5.17. The number of rotatable bonds is 4. The molecule has 0 bridgehead atoms. The third kappa shape index (κ3) is 3.61. The van der Waals surface area contributed by atoms with E-state index in [1.165, 1.54) is 37.8 Å². The van der Waals surface area contributed by atoms with Crippen molar-refractivity contribution in [3.8, 4) is 5.69 Å². The van der Waals surface area contributed by atoms with E-state index in [4.69, 9.17) is 23.8 Å². The monoisotopic (exact) mass is 436 g/mol. The first-order valence-electron chi connectivity index (χ1n) is 10.7. The van der Waals surface area contributed by atoms with E-state index in [2.05, 4.69) is 50.2 Å². The van der Waals surface area contributed by atoms with Gasteiger partial charge in [-0.1, -0.05) is 43.0 Å². The van der Waals surface area contributed by atoms with Crippen LogP contribution in [0, 0.1) is 0 Å². The summed E-state index contributed by atoms with van der Waals surface area (Å²) in [4.78, 5) is 7.12. The van der Waals surface area contributed by atoms with E-state index in [0.717, 1.165) is 21.5 Å². The molecule has 2 aromatic heterocycles. The molecule has 5 rings (SSSR count). The van der Waals surface area contributed by atoms with Gasteiger partial charge in [0.15, 0.2) is 5.11 Å². The summed E-state index contributed by atoms with van der Waals surface area (Å²) in [6, 6.07) is 18.9. The Morgan fingerprint density at radius 2 is 1.87 bits per heavy atom. The Hall–Kier alpha value is -2.37. The zero-order chi connectivity index (χ0) is 20.5. The van der Waals surface area contributed by atoms with Gasteiger partial charge in [-0.25, -0.2) is 0 Å². The number of thiocarbonyl (C=S) groups is 1. The van der Waals surface area contributed by atoms with Crippen LogP contribution >= 0.6 is 23.8 Å². The molecule has 1 N–H and O–H groups in total. The maximum absolute atomic E-state index is 6.31. The van der Waals surface area contributed by atoms with Crippen LogP contribution in [0.3, 0.4) is 0 Å². The summed E-state index contributed by atoms with van der Waals surface area (Å²) in [6.45, 7) is 0. The van der Waals surface area contributed by atoms with Crippen molar-refractivity contribution in [3.05, 3.63) is 83.4 Å². The highest BCUT2D eigenvalue weighted by Crippen LogP contribution is 2.43. The smallest absolute Gasteiger partial charge is 0.170 e. The fraction of sp³-hybridized carbons (Fsp3) is 0.333. The molecule has 154 valence electrons. The molecule has 6 heteroatoms. The zero-order valence-electron chi connectivity index (χ0n) is 16.7. The fourth-order valence-corrected chi connectivity index (χ4v) is 5.50. The minimum Gasteiger partial charge on any atom is -0.352 e. The van der Waals surface area contributed by atoms with Crippen LogP contribution in [0.25, 0.3) is 5.69 Å². The largest absolute Gasteiger partial charge is 0.352 e. The normalized spacial score (nSPS) is 22.3. The number of hydrogen-bond acceptors (Lipinski definition) is 2. The lowest BCUT2D eigenvalue weighted by Gasteiger charge is -2.37. The van der Waals surface area contributed by atoms with Crippen molar-refractivity contribution in [3.63, 3.8) is 0 Å². The Morgan fingerprint density at radius 1 is 1.00 bits per heavy atom.